The highest BCUT2D eigenvalue weighted by molar-refractivity contribution is 5.95. The molecular weight excluding hydrogens is 360 g/mol. The molecule has 2 heterocycles. The van der Waals surface area contributed by atoms with Crippen LogP contribution in [0.5, 0.6) is 17.2 Å². The lowest BCUT2D eigenvalue weighted by atomic mass is 9.79. The van der Waals surface area contributed by atoms with E-state index in [9.17, 15) is 4.79 Å². The quantitative estimate of drug-likeness (QED) is 0.773. The van der Waals surface area contributed by atoms with Crippen LogP contribution in [-0.4, -0.2) is 59.6 Å². The summed E-state index contributed by atoms with van der Waals surface area (Å²) in [6.07, 6.45) is 1.96. The fourth-order valence-electron chi connectivity index (χ4n) is 3.41. The van der Waals surface area contributed by atoms with Gasteiger partial charge in [0.05, 0.1) is 13.7 Å². The van der Waals surface area contributed by atoms with Crippen molar-refractivity contribution < 1.29 is 23.7 Å². The number of piperidine rings is 1. The first-order chi connectivity index (χ1) is 12.2. The standard InChI is InChI=1S/C18H26N2O5.ClH/c1-22-12-18(3-5-19-6-4-18)11-20-17(21)13-9-14(23-2)16-15(10-13)24-7-8-25-16;/h9-10,19H,3-8,11-12H2,1-2H3,(H,20,21);1H. The van der Waals surface area contributed by atoms with Gasteiger partial charge in [-0.25, -0.2) is 0 Å². The summed E-state index contributed by atoms with van der Waals surface area (Å²) < 4.78 is 21.9. The van der Waals surface area contributed by atoms with Crippen molar-refractivity contribution in [3.63, 3.8) is 0 Å². The van der Waals surface area contributed by atoms with Gasteiger partial charge in [-0.3, -0.25) is 4.79 Å². The lowest BCUT2D eigenvalue weighted by Crippen LogP contribution is -2.47. The Balaban J connectivity index is 0.00000243. The van der Waals surface area contributed by atoms with Crippen LogP contribution < -0.4 is 24.8 Å². The monoisotopic (exact) mass is 386 g/mol. The van der Waals surface area contributed by atoms with E-state index >= 15 is 0 Å². The number of rotatable bonds is 6. The summed E-state index contributed by atoms with van der Waals surface area (Å²) in [6, 6.07) is 3.39. The van der Waals surface area contributed by atoms with Crippen LogP contribution in [0.15, 0.2) is 12.1 Å². The topological polar surface area (TPSA) is 78.1 Å². The van der Waals surface area contributed by atoms with Gasteiger partial charge in [-0.15, -0.1) is 12.4 Å². The number of methoxy groups -OCH3 is 2. The third-order valence-electron chi connectivity index (χ3n) is 4.83. The first-order valence-corrected chi connectivity index (χ1v) is 8.63. The van der Waals surface area contributed by atoms with Crippen molar-refractivity contribution in [3.8, 4) is 17.2 Å². The van der Waals surface area contributed by atoms with E-state index in [4.69, 9.17) is 18.9 Å². The SMILES string of the molecule is COCC1(CNC(=O)c2cc(OC)c3c(c2)OCCO3)CCNCC1.Cl. The molecule has 26 heavy (non-hydrogen) atoms. The molecule has 1 fully saturated rings. The molecule has 0 spiro atoms. The molecule has 0 radical (unpaired) electrons. The van der Waals surface area contributed by atoms with Gasteiger partial charge in [0.1, 0.15) is 13.2 Å². The van der Waals surface area contributed by atoms with E-state index in [1.807, 2.05) is 0 Å². The molecule has 2 aliphatic heterocycles. The van der Waals surface area contributed by atoms with Crippen LogP contribution in [0.1, 0.15) is 23.2 Å². The van der Waals surface area contributed by atoms with Gasteiger partial charge < -0.3 is 29.6 Å². The minimum Gasteiger partial charge on any atom is -0.493 e. The molecule has 3 rings (SSSR count). The number of halogens is 1. The smallest absolute Gasteiger partial charge is 0.251 e. The average Bonchev–Trinajstić information content (AvgIpc) is 2.66. The molecule has 8 heteroatoms. The van der Waals surface area contributed by atoms with E-state index < -0.39 is 0 Å². The zero-order valence-electron chi connectivity index (χ0n) is 15.3. The number of hydrogen-bond donors (Lipinski definition) is 2. The summed E-state index contributed by atoms with van der Waals surface area (Å²) in [5.74, 6) is 1.46. The minimum absolute atomic E-state index is 0. The van der Waals surface area contributed by atoms with E-state index in [1.54, 1.807) is 26.4 Å². The second-order valence-electron chi connectivity index (χ2n) is 6.57. The third-order valence-corrected chi connectivity index (χ3v) is 4.83. The minimum atomic E-state index is -0.149. The van der Waals surface area contributed by atoms with Crippen LogP contribution in [0.25, 0.3) is 0 Å². The number of carbonyl (C=O) groups is 1. The zero-order valence-corrected chi connectivity index (χ0v) is 16.1. The Labute approximate surface area is 160 Å². The molecule has 0 atom stereocenters. The lowest BCUT2D eigenvalue weighted by molar-refractivity contribution is 0.0511. The van der Waals surface area contributed by atoms with Crippen molar-refractivity contribution in [1.82, 2.24) is 10.6 Å². The highest BCUT2D eigenvalue weighted by Crippen LogP contribution is 2.40. The Morgan fingerprint density at radius 2 is 1.96 bits per heavy atom. The highest BCUT2D eigenvalue weighted by atomic mass is 35.5. The number of nitrogens with one attached hydrogen (secondary N) is 2. The predicted octanol–water partition coefficient (Wildman–Crippen LogP) is 1.63. The van der Waals surface area contributed by atoms with Gasteiger partial charge >= 0.3 is 0 Å². The molecule has 0 aromatic heterocycles. The van der Waals surface area contributed by atoms with Gasteiger partial charge in [0, 0.05) is 24.6 Å². The molecule has 1 aromatic rings. The summed E-state index contributed by atoms with van der Waals surface area (Å²) in [7, 11) is 3.26. The average molecular weight is 387 g/mol. The maximum atomic E-state index is 12.7. The van der Waals surface area contributed by atoms with Crippen LogP contribution in [0.4, 0.5) is 0 Å². The second-order valence-corrected chi connectivity index (χ2v) is 6.57. The third kappa shape index (κ3) is 4.52. The molecule has 1 amide bonds. The largest absolute Gasteiger partial charge is 0.493 e. The molecule has 0 aliphatic carbocycles. The predicted molar refractivity (Wildman–Crippen MR) is 100.0 cm³/mol. The molecule has 0 bridgehead atoms. The van der Waals surface area contributed by atoms with Gasteiger partial charge in [0.15, 0.2) is 11.5 Å². The second kappa shape index (κ2) is 9.30. The maximum absolute atomic E-state index is 12.7. The summed E-state index contributed by atoms with van der Waals surface area (Å²) in [6.45, 7) is 4.04. The molecular formula is C18H27ClN2O5. The van der Waals surface area contributed by atoms with Gasteiger partial charge in [0.25, 0.3) is 5.91 Å². The summed E-state index contributed by atoms with van der Waals surface area (Å²) in [5.41, 5.74) is 0.482. The summed E-state index contributed by atoms with van der Waals surface area (Å²) >= 11 is 0. The summed E-state index contributed by atoms with van der Waals surface area (Å²) in [4.78, 5) is 12.7. The van der Waals surface area contributed by atoms with Crippen LogP contribution in [-0.2, 0) is 4.74 Å². The normalized spacial score (nSPS) is 17.8. The molecule has 2 N–H and O–H groups in total. The molecule has 0 unspecified atom stereocenters. The number of amides is 1. The Morgan fingerprint density at radius 1 is 1.23 bits per heavy atom. The molecule has 146 valence electrons. The van der Waals surface area contributed by atoms with Crippen molar-refractivity contribution in [3.05, 3.63) is 17.7 Å². The van der Waals surface area contributed by atoms with E-state index in [0.717, 1.165) is 25.9 Å². The number of fused-ring (bicyclic) bond motifs is 1. The number of ether oxygens (including phenoxy) is 4. The Morgan fingerprint density at radius 3 is 2.65 bits per heavy atom. The Bertz CT molecular complexity index is 597. The lowest BCUT2D eigenvalue weighted by Gasteiger charge is -2.37. The van der Waals surface area contributed by atoms with Crippen molar-refractivity contribution in [2.75, 3.05) is 53.7 Å². The number of carbonyl (C=O) groups excluding carboxylic acids is 1. The fourth-order valence-corrected chi connectivity index (χ4v) is 3.41. The van der Waals surface area contributed by atoms with Crippen molar-refractivity contribution in [1.29, 1.82) is 0 Å². The van der Waals surface area contributed by atoms with E-state index in [-0.39, 0.29) is 23.7 Å². The van der Waals surface area contributed by atoms with Gasteiger partial charge in [-0.1, -0.05) is 0 Å². The van der Waals surface area contributed by atoms with Crippen LogP contribution in [0.3, 0.4) is 0 Å². The van der Waals surface area contributed by atoms with E-state index in [1.165, 1.54) is 0 Å². The molecule has 2 aliphatic rings. The van der Waals surface area contributed by atoms with Gasteiger partial charge in [0.2, 0.25) is 5.75 Å². The van der Waals surface area contributed by atoms with Crippen molar-refractivity contribution in [2.24, 2.45) is 5.41 Å². The van der Waals surface area contributed by atoms with Crippen LogP contribution in [0, 0.1) is 5.41 Å². The molecule has 7 nitrogen and oxygen atoms in total. The first kappa shape index (κ1) is 20.6. The Hall–Kier alpha value is -1.70. The van der Waals surface area contributed by atoms with Crippen LogP contribution in [0.2, 0.25) is 0 Å². The molecule has 1 aromatic carbocycles. The van der Waals surface area contributed by atoms with Crippen molar-refractivity contribution >= 4 is 18.3 Å². The van der Waals surface area contributed by atoms with E-state index in [2.05, 4.69) is 10.6 Å². The number of benzene rings is 1. The molecule has 1 saturated heterocycles. The highest BCUT2D eigenvalue weighted by Gasteiger charge is 2.33. The number of hydrogen-bond acceptors (Lipinski definition) is 6. The maximum Gasteiger partial charge on any atom is 0.251 e. The van der Waals surface area contributed by atoms with Crippen LogP contribution >= 0.6 is 12.4 Å². The fraction of sp³-hybridized carbons (Fsp3) is 0.611. The first-order valence-electron chi connectivity index (χ1n) is 8.63. The van der Waals surface area contributed by atoms with Crippen molar-refractivity contribution in [2.45, 2.75) is 12.8 Å². The zero-order chi connectivity index (χ0) is 17.7. The summed E-state index contributed by atoms with van der Waals surface area (Å²) in [5, 5.41) is 6.41. The van der Waals surface area contributed by atoms with E-state index in [0.29, 0.717) is 49.2 Å². The van der Waals surface area contributed by atoms with Gasteiger partial charge in [-0.2, -0.15) is 0 Å². The van der Waals surface area contributed by atoms with Gasteiger partial charge in [-0.05, 0) is 38.1 Å². The molecule has 0 saturated carbocycles. The Kier molecular flexibility index (Phi) is 7.37.